The van der Waals surface area contributed by atoms with E-state index >= 15 is 0 Å². The first-order valence-electron chi connectivity index (χ1n) is 29.3. The number of benzene rings is 2. The second kappa shape index (κ2) is 24.4. The third-order valence-electron chi connectivity index (χ3n) is 18.5. The number of rotatable bonds is 11. The van der Waals surface area contributed by atoms with Crippen molar-refractivity contribution in [2.24, 2.45) is 11.8 Å². The van der Waals surface area contributed by atoms with Crippen LogP contribution in [-0.4, -0.2) is 145 Å². The third kappa shape index (κ3) is 12.7. The van der Waals surface area contributed by atoms with E-state index in [2.05, 4.69) is 101 Å². The lowest BCUT2D eigenvalue weighted by atomic mass is 9.77. The topological polar surface area (TPSA) is 142 Å². The molecule has 0 radical (unpaired) electrons. The minimum Gasteiger partial charge on any atom is -0.396 e. The summed E-state index contributed by atoms with van der Waals surface area (Å²) < 4.78 is 77.0. The van der Waals surface area contributed by atoms with Crippen molar-refractivity contribution < 1.29 is 62.3 Å². The fourth-order valence-corrected chi connectivity index (χ4v) is 14.7. The highest BCUT2D eigenvalue weighted by Gasteiger charge is 2.57. The van der Waals surface area contributed by atoms with Crippen LogP contribution >= 0.6 is 0 Å². The Morgan fingerprint density at radius 2 is 1.29 bits per heavy atom. The van der Waals surface area contributed by atoms with Gasteiger partial charge in [0.05, 0.1) is 122 Å². The van der Waals surface area contributed by atoms with Gasteiger partial charge in [-0.15, -0.1) is 0 Å². The highest BCUT2D eigenvalue weighted by Crippen LogP contribution is 2.48. The van der Waals surface area contributed by atoms with Crippen LogP contribution < -0.4 is 0 Å². The van der Waals surface area contributed by atoms with Crippen LogP contribution in [0.4, 0.5) is 0 Å². The third-order valence-corrected chi connectivity index (χ3v) is 18.5. The molecule has 2 N–H and O–H groups in total. The molecule has 0 aliphatic carbocycles. The van der Waals surface area contributed by atoms with Crippen molar-refractivity contribution in [2.45, 2.75) is 265 Å². The second-order valence-corrected chi connectivity index (χ2v) is 24.5. The number of hydrogen-bond acceptors (Lipinski definition) is 13. The van der Waals surface area contributed by atoms with Gasteiger partial charge < -0.3 is 62.3 Å². The predicted molar refractivity (Wildman–Crippen MR) is 282 cm³/mol. The highest BCUT2D eigenvalue weighted by atomic mass is 16.6. The van der Waals surface area contributed by atoms with Gasteiger partial charge in [-0.3, -0.25) is 0 Å². The van der Waals surface area contributed by atoms with Crippen molar-refractivity contribution in [2.75, 3.05) is 13.2 Å². The molecule has 0 spiro atoms. The molecule has 0 aromatic heterocycles. The molecule has 9 aliphatic heterocycles. The van der Waals surface area contributed by atoms with Crippen LogP contribution in [0.15, 0.2) is 85.0 Å². The first-order valence-corrected chi connectivity index (χ1v) is 29.3. The summed E-state index contributed by atoms with van der Waals surface area (Å²) in [6.45, 7) is 10.7. The fraction of sp³-hybridized carbons (Fsp3) is 0.742. The van der Waals surface area contributed by atoms with E-state index in [9.17, 15) is 10.2 Å². The zero-order chi connectivity index (χ0) is 51.5. The second-order valence-electron chi connectivity index (χ2n) is 24.5. The Morgan fingerprint density at radius 3 is 2.09 bits per heavy atom. The molecule has 7 saturated heterocycles. The zero-order valence-electron chi connectivity index (χ0n) is 45.2. The molecule has 0 saturated carbocycles. The van der Waals surface area contributed by atoms with Gasteiger partial charge in [0, 0.05) is 38.9 Å². The molecule has 2 aromatic rings. The molecule has 0 amide bonds. The van der Waals surface area contributed by atoms with Crippen molar-refractivity contribution in [3.05, 3.63) is 96.1 Å². The maximum absolute atomic E-state index is 11.1. The molecule has 11 rings (SSSR count). The van der Waals surface area contributed by atoms with Crippen molar-refractivity contribution >= 4 is 0 Å². The van der Waals surface area contributed by atoms with Crippen molar-refractivity contribution in [3.63, 3.8) is 0 Å². The normalized spacial score (nSPS) is 45.9. The molecular weight excluding hydrogens is 953 g/mol. The summed E-state index contributed by atoms with van der Waals surface area (Å²) in [5, 5.41) is 21.0. The minimum absolute atomic E-state index is 0.0335. The molecular formula is C62H88O13. The zero-order valence-corrected chi connectivity index (χ0v) is 45.2. The molecule has 0 bridgehead atoms. The molecule has 9 heterocycles. The quantitative estimate of drug-likeness (QED) is 0.163. The summed E-state index contributed by atoms with van der Waals surface area (Å²) in [5.74, 6) is 0.420. The summed E-state index contributed by atoms with van der Waals surface area (Å²) in [6, 6.07) is 20.8. The van der Waals surface area contributed by atoms with Gasteiger partial charge in [-0.1, -0.05) is 98.8 Å². The smallest absolute Gasteiger partial charge is 0.110 e. The van der Waals surface area contributed by atoms with Gasteiger partial charge in [-0.05, 0) is 114 Å². The average molecular weight is 1040 g/mol. The van der Waals surface area contributed by atoms with Crippen molar-refractivity contribution in [3.8, 4) is 0 Å². The monoisotopic (exact) mass is 1040 g/mol. The van der Waals surface area contributed by atoms with E-state index in [0.717, 1.165) is 82.6 Å². The molecule has 414 valence electrons. The van der Waals surface area contributed by atoms with Crippen LogP contribution in [0.2, 0.25) is 0 Å². The van der Waals surface area contributed by atoms with E-state index in [1.165, 1.54) is 5.56 Å². The Labute approximate surface area is 446 Å². The predicted octanol–water partition coefficient (Wildman–Crippen LogP) is 9.45. The van der Waals surface area contributed by atoms with Crippen LogP contribution in [0.5, 0.6) is 0 Å². The molecule has 0 unspecified atom stereocenters. The van der Waals surface area contributed by atoms with E-state index in [0.29, 0.717) is 45.5 Å². The SMILES string of the molecule is C[C@@H]1C[C@H](O)[C@@H](CCO)O[C@H]2C[C@H]3O[C@H]4C/C=C\C[C@H]5O[C@H]6CCC[C@H]7O[C@H]8C[C@H]9O[C@H](CCCOCc%10ccccc%10)C[C@H](OCc%10ccccc%10)[C@@H]9O[C@@H]8C[C@]7(C)O[C@@H]6/C=C\C[C@@H]5O[C@@H]4[C@@H](C)C[C@@H]3O[C@]2(C)C1. The summed E-state index contributed by atoms with van der Waals surface area (Å²) in [7, 11) is 0. The van der Waals surface area contributed by atoms with Crippen molar-refractivity contribution in [1.82, 2.24) is 0 Å². The van der Waals surface area contributed by atoms with Crippen LogP contribution in [0, 0.1) is 11.8 Å². The van der Waals surface area contributed by atoms with Crippen LogP contribution in [-0.2, 0) is 65.3 Å². The van der Waals surface area contributed by atoms with Gasteiger partial charge in [-0.25, -0.2) is 0 Å². The number of aliphatic hydroxyl groups excluding tert-OH is 2. The Bertz CT molecular complexity index is 2160. The van der Waals surface area contributed by atoms with Gasteiger partial charge in [0.25, 0.3) is 0 Å². The van der Waals surface area contributed by atoms with E-state index < -0.39 is 23.4 Å². The highest BCUT2D eigenvalue weighted by molar-refractivity contribution is 5.15. The standard InChI is InChI=1S/C62H88O13/c1-39-30-44(64)45(27-28-63)70-58-34-52-53(75-61(58,3)35-39)31-40(2)59-50(69-52)22-12-11-21-46-47(72-59)23-13-25-49-48(68-46)24-14-26-57-62(4,74-49)36-56-51(71-57)33-55-60(73-56)54(66-38-42-18-9-6-10-19-42)32-43(67-55)20-15-29-65-37-41-16-7-5-8-17-41/h5-13,16-19,25,39-40,43-60,63-64H,14-15,20-24,26-38H2,1-4H3/b12-11-,25-13-/t39-,40+,43-,44+,45-,46-,47+,48+,49-,50+,51+,52-,53+,54+,55-,56-,57-,58+,59-,60+,61-,62+/m1/s1. The minimum atomic E-state index is -0.623. The van der Waals surface area contributed by atoms with Gasteiger partial charge in [-0.2, -0.15) is 0 Å². The Hall–Kier alpha value is -2.60. The Morgan fingerprint density at radius 1 is 0.587 bits per heavy atom. The largest absolute Gasteiger partial charge is 0.396 e. The van der Waals surface area contributed by atoms with Crippen LogP contribution in [0.25, 0.3) is 0 Å². The molecule has 7 fully saturated rings. The number of ether oxygens (including phenoxy) is 11. The summed E-state index contributed by atoms with van der Waals surface area (Å²) in [6.07, 6.45) is 17.9. The molecule has 75 heavy (non-hydrogen) atoms. The molecule has 9 aliphatic rings. The molecule has 22 atom stereocenters. The Balaban J connectivity index is 0.744. The molecule has 13 nitrogen and oxygen atoms in total. The van der Waals surface area contributed by atoms with Gasteiger partial charge in [0.1, 0.15) is 12.2 Å². The summed E-state index contributed by atoms with van der Waals surface area (Å²) in [4.78, 5) is 0. The first-order chi connectivity index (χ1) is 36.5. The summed E-state index contributed by atoms with van der Waals surface area (Å²) in [5.41, 5.74) is 1.22. The van der Waals surface area contributed by atoms with Gasteiger partial charge >= 0.3 is 0 Å². The fourth-order valence-electron chi connectivity index (χ4n) is 14.7. The lowest BCUT2D eigenvalue weighted by Gasteiger charge is -2.55. The van der Waals surface area contributed by atoms with E-state index in [-0.39, 0.29) is 116 Å². The average Bonchev–Trinajstić information content (AvgIpc) is 3.44. The lowest BCUT2D eigenvalue weighted by Crippen LogP contribution is -2.65. The van der Waals surface area contributed by atoms with E-state index in [1.807, 2.05) is 12.1 Å². The number of fused-ring (bicyclic) bond motifs is 8. The van der Waals surface area contributed by atoms with Gasteiger partial charge in [0.2, 0.25) is 0 Å². The summed E-state index contributed by atoms with van der Waals surface area (Å²) >= 11 is 0. The first kappa shape index (κ1) is 54.4. The van der Waals surface area contributed by atoms with E-state index in [4.69, 9.17) is 52.1 Å². The maximum Gasteiger partial charge on any atom is 0.110 e. The van der Waals surface area contributed by atoms with Gasteiger partial charge in [0.15, 0.2) is 0 Å². The van der Waals surface area contributed by atoms with Crippen molar-refractivity contribution in [1.29, 1.82) is 0 Å². The van der Waals surface area contributed by atoms with Crippen LogP contribution in [0.3, 0.4) is 0 Å². The molecule has 13 heteroatoms. The molecule has 2 aromatic carbocycles. The number of aliphatic hydroxyl groups is 2. The van der Waals surface area contributed by atoms with E-state index in [1.54, 1.807) is 0 Å². The van der Waals surface area contributed by atoms with Crippen LogP contribution in [0.1, 0.15) is 142 Å². The lowest BCUT2D eigenvalue weighted by molar-refractivity contribution is -0.320. The Kier molecular flexibility index (Phi) is 17.7. The maximum atomic E-state index is 11.1. The number of hydrogen-bond donors (Lipinski definition) is 2.